The van der Waals surface area contributed by atoms with Crippen LogP contribution in [0.4, 0.5) is 5.69 Å². The summed E-state index contributed by atoms with van der Waals surface area (Å²) in [5, 5.41) is 6.13. The van der Waals surface area contributed by atoms with Crippen LogP contribution in [0.25, 0.3) is 10.8 Å². The lowest BCUT2D eigenvalue weighted by atomic mass is 10.0. The second kappa shape index (κ2) is 5.62. The van der Waals surface area contributed by atoms with Crippen LogP contribution in [0.15, 0.2) is 42.5 Å². The van der Waals surface area contributed by atoms with E-state index in [9.17, 15) is 0 Å². The number of nitrogens with zero attached hydrogens (tertiary/aromatic N) is 1. The van der Waals surface area contributed by atoms with Crippen LogP contribution in [-0.4, -0.2) is 26.7 Å². The van der Waals surface area contributed by atoms with E-state index in [1.807, 2.05) is 0 Å². The first-order valence-corrected chi connectivity index (χ1v) is 7.24. The van der Waals surface area contributed by atoms with Gasteiger partial charge in [0.1, 0.15) is 0 Å². The van der Waals surface area contributed by atoms with Crippen LogP contribution in [0.1, 0.15) is 12.8 Å². The zero-order valence-corrected chi connectivity index (χ0v) is 11.6. The molecule has 2 heteroatoms. The lowest BCUT2D eigenvalue weighted by Crippen LogP contribution is -2.22. The van der Waals surface area contributed by atoms with Gasteiger partial charge in [0.2, 0.25) is 0 Å². The molecule has 2 aromatic carbocycles. The highest BCUT2D eigenvalue weighted by molar-refractivity contribution is 5.94. The lowest BCUT2D eigenvalue weighted by Gasteiger charge is -2.22. The van der Waals surface area contributed by atoms with E-state index < -0.39 is 0 Å². The van der Waals surface area contributed by atoms with Crippen molar-refractivity contribution in [2.24, 2.45) is 5.92 Å². The molecule has 1 atom stereocenters. The largest absolute Gasteiger partial charge is 0.374 e. The summed E-state index contributed by atoms with van der Waals surface area (Å²) >= 11 is 0. The zero-order chi connectivity index (χ0) is 13.1. The van der Waals surface area contributed by atoms with E-state index in [4.69, 9.17) is 0 Å². The number of hydrogen-bond donors (Lipinski definition) is 1. The van der Waals surface area contributed by atoms with E-state index in [2.05, 4.69) is 59.7 Å². The van der Waals surface area contributed by atoms with Crippen LogP contribution in [0.3, 0.4) is 0 Å². The summed E-state index contributed by atoms with van der Waals surface area (Å²) in [4.78, 5) is 2.40. The van der Waals surface area contributed by atoms with Gasteiger partial charge in [0.05, 0.1) is 0 Å². The Hall–Kier alpha value is -1.54. The SMILES string of the molecule is CN(CCC1CCNC1)c1cccc2ccccc12. The van der Waals surface area contributed by atoms with Crippen molar-refractivity contribution in [3.63, 3.8) is 0 Å². The molecule has 0 aromatic heterocycles. The molecular weight excluding hydrogens is 232 g/mol. The molecule has 1 N–H and O–H groups in total. The van der Waals surface area contributed by atoms with Crippen LogP contribution in [-0.2, 0) is 0 Å². The summed E-state index contributed by atoms with van der Waals surface area (Å²) in [6.45, 7) is 3.53. The van der Waals surface area contributed by atoms with Crippen molar-refractivity contribution in [1.82, 2.24) is 5.32 Å². The molecule has 1 unspecified atom stereocenters. The average Bonchev–Trinajstić information content (AvgIpc) is 2.97. The molecule has 0 amide bonds. The fourth-order valence-electron chi connectivity index (χ4n) is 3.00. The minimum absolute atomic E-state index is 0.859. The van der Waals surface area contributed by atoms with Crippen molar-refractivity contribution >= 4 is 16.5 Å². The van der Waals surface area contributed by atoms with E-state index in [1.165, 1.54) is 42.4 Å². The van der Waals surface area contributed by atoms with Gasteiger partial charge in [0, 0.05) is 24.7 Å². The number of rotatable bonds is 4. The fraction of sp³-hybridized carbons (Fsp3) is 0.412. The molecule has 0 saturated carbocycles. The fourth-order valence-corrected chi connectivity index (χ4v) is 3.00. The summed E-state index contributed by atoms with van der Waals surface area (Å²) in [5.41, 5.74) is 1.35. The van der Waals surface area contributed by atoms with Crippen LogP contribution in [0.2, 0.25) is 0 Å². The van der Waals surface area contributed by atoms with Crippen LogP contribution in [0.5, 0.6) is 0 Å². The van der Waals surface area contributed by atoms with Crippen molar-refractivity contribution in [2.45, 2.75) is 12.8 Å². The van der Waals surface area contributed by atoms with Crippen molar-refractivity contribution < 1.29 is 0 Å². The Balaban J connectivity index is 1.75. The molecule has 1 saturated heterocycles. The first-order chi connectivity index (χ1) is 9.34. The Morgan fingerprint density at radius 3 is 2.84 bits per heavy atom. The third-order valence-electron chi connectivity index (χ3n) is 4.21. The quantitative estimate of drug-likeness (QED) is 0.901. The summed E-state index contributed by atoms with van der Waals surface area (Å²) < 4.78 is 0. The number of nitrogens with one attached hydrogen (secondary N) is 1. The summed E-state index contributed by atoms with van der Waals surface area (Å²) in [5.74, 6) is 0.859. The number of anilines is 1. The number of fused-ring (bicyclic) bond motifs is 1. The molecule has 0 spiro atoms. The standard InChI is InChI=1S/C17H22N2/c1-19(12-10-14-9-11-18-13-14)17-8-4-6-15-5-2-3-7-16(15)17/h2-8,14,18H,9-13H2,1H3. The van der Waals surface area contributed by atoms with Gasteiger partial charge in [-0.2, -0.15) is 0 Å². The van der Waals surface area contributed by atoms with Gasteiger partial charge >= 0.3 is 0 Å². The van der Waals surface area contributed by atoms with Crippen molar-refractivity contribution in [3.8, 4) is 0 Å². The second-order valence-corrected chi connectivity index (χ2v) is 5.57. The zero-order valence-electron chi connectivity index (χ0n) is 11.6. The topological polar surface area (TPSA) is 15.3 Å². The highest BCUT2D eigenvalue weighted by Crippen LogP contribution is 2.26. The van der Waals surface area contributed by atoms with E-state index in [-0.39, 0.29) is 0 Å². The Morgan fingerprint density at radius 2 is 2.00 bits per heavy atom. The van der Waals surface area contributed by atoms with E-state index >= 15 is 0 Å². The molecular formula is C17H22N2. The highest BCUT2D eigenvalue weighted by Gasteiger charge is 2.15. The molecule has 3 rings (SSSR count). The predicted molar refractivity (Wildman–Crippen MR) is 82.8 cm³/mol. The lowest BCUT2D eigenvalue weighted by molar-refractivity contribution is 0.534. The summed E-state index contributed by atoms with van der Waals surface area (Å²) in [7, 11) is 2.21. The molecule has 1 fully saturated rings. The van der Waals surface area contributed by atoms with Gasteiger partial charge in [0.15, 0.2) is 0 Å². The van der Waals surface area contributed by atoms with Gasteiger partial charge in [-0.1, -0.05) is 36.4 Å². The molecule has 2 aromatic rings. The van der Waals surface area contributed by atoms with E-state index in [1.54, 1.807) is 0 Å². The molecule has 1 heterocycles. The van der Waals surface area contributed by atoms with Crippen molar-refractivity contribution in [3.05, 3.63) is 42.5 Å². The molecule has 2 nitrogen and oxygen atoms in total. The maximum absolute atomic E-state index is 3.45. The van der Waals surface area contributed by atoms with E-state index in [0.717, 1.165) is 12.5 Å². The van der Waals surface area contributed by atoms with Crippen LogP contribution >= 0.6 is 0 Å². The first-order valence-electron chi connectivity index (χ1n) is 7.24. The minimum atomic E-state index is 0.859. The van der Waals surface area contributed by atoms with E-state index in [0.29, 0.717) is 0 Å². The molecule has 1 aliphatic heterocycles. The Labute approximate surface area is 115 Å². The Kier molecular flexibility index (Phi) is 3.69. The van der Waals surface area contributed by atoms with Crippen molar-refractivity contribution in [1.29, 1.82) is 0 Å². The Morgan fingerprint density at radius 1 is 1.16 bits per heavy atom. The molecule has 0 aliphatic carbocycles. The molecule has 100 valence electrons. The Bertz CT molecular complexity index is 538. The van der Waals surface area contributed by atoms with Gasteiger partial charge < -0.3 is 10.2 Å². The molecule has 0 radical (unpaired) electrons. The maximum atomic E-state index is 3.45. The van der Waals surface area contributed by atoms with Crippen molar-refractivity contribution in [2.75, 3.05) is 31.6 Å². The average molecular weight is 254 g/mol. The van der Waals surface area contributed by atoms with Gasteiger partial charge in [-0.25, -0.2) is 0 Å². The second-order valence-electron chi connectivity index (χ2n) is 5.57. The van der Waals surface area contributed by atoms with Crippen LogP contribution < -0.4 is 10.2 Å². The summed E-state index contributed by atoms with van der Waals surface area (Å²) in [6.07, 6.45) is 2.62. The van der Waals surface area contributed by atoms with Gasteiger partial charge in [-0.3, -0.25) is 0 Å². The number of hydrogen-bond acceptors (Lipinski definition) is 2. The first kappa shape index (κ1) is 12.5. The molecule has 0 bridgehead atoms. The van der Waals surface area contributed by atoms with Gasteiger partial charge in [0.25, 0.3) is 0 Å². The normalized spacial score (nSPS) is 18.9. The van der Waals surface area contributed by atoms with Gasteiger partial charge in [-0.05, 0) is 43.3 Å². The number of benzene rings is 2. The maximum Gasteiger partial charge on any atom is 0.0443 e. The highest BCUT2D eigenvalue weighted by atomic mass is 15.1. The third-order valence-corrected chi connectivity index (χ3v) is 4.21. The molecule has 19 heavy (non-hydrogen) atoms. The minimum Gasteiger partial charge on any atom is -0.374 e. The predicted octanol–water partition coefficient (Wildman–Crippen LogP) is 3.28. The monoisotopic (exact) mass is 254 g/mol. The van der Waals surface area contributed by atoms with Crippen LogP contribution in [0, 0.1) is 5.92 Å². The van der Waals surface area contributed by atoms with Gasteiger partial charge in [-0.15, -0.1) is 0 Å². The summed E-state index contributed by atoms with van der Waals surface area (Å²) in [6, 6.07) is 15.2. The third kappa shape index (κ3) is 2.74. The smallest absolute Gasteiger partial charge is 0.0443 e. The molecule has 1 aliphatic rings.